The van der Waals surface area contributed by atoms with Crippen molar-refractivity contribution >= 4 is 24.2 Å². The fourth-order valence-electron chi connectivity index (χ4n) is 0. The van der Waals surface area contributed by atoms with E-state index in [4.69, 9.17) is 0 Å². The molecule has 0 radical (unpaired) electrons. The second-order valence-electron chi connectivity index (χ2n) is 9.00. The number of hydrogen-bond donors (Lipinski definition) is 0. The Labute approximate surface area is 125 Å². The number of hydrogen-bond acceptors (Lipinski definition) is 0. The zero-order chi connectivity index (χ0) is 13.5. The largest absolute Gasteiger partial charge is 0.0776 e. The van der Waals surface area contributed by atoms with Gasteiger partial charge in [0.05, 0.1) is 0 Å². The van der Waals surface area contributed by atoms with Gasteiger partial charge in [-0.1, -0.05) is 101 Å². The highest BCUT2D eigenvalue weighted by Gasteiger charge is 2.00. The lowest BCUT2D eigenvalue weighted by Crippen LogP contribution is -2.10. The molecule has 0 aliphatic carbocycles. The van der Waals surface area contributed by atoms with E-state index in [0.29, 0.717) is 0 Å². The predicted octanol–water partition coefficient (Wildman–Crippen LogP) is 7.77. The average Bonchev–Trinajstić information content (AvgIpc) is 1.41. The van der Waals surface area contributed by atoms with E-state index >= 15 is 0 Å². The van der Waals surface area contributed by atoms with Crippen molar-refractivity contribution in [2.75, 3.05) is 0 Å². The third kappa shape index (κ3) is 9630. The third-order valence-corrected chi connectivity index (χ3v) is 0. The second-order valence-corrected chi connectivity index (χ2v) is 27.0. The van der Waals surface area contributed by atoms with Gasteiger partial charge in [-0.05, 0) is 0 Å². The minimum Gasteiger partial charge on any atom is -0.0776 e. The topological polar surface area (TPSA) is 0 Å². The van der Waals surface area contributed by atoms with E-state index in [-0.39, 0.29) is 22.3 Å². The van der Waals surface area contributed by atoms with Crippen LogP contribution in [0.3, 0.4) is 0 Å². The molecular formula is C15H48Si3. The van der Waals surface area contributed by atoms with Gasteiger partial charge in [-0.25, -0.2) is 0 Å². The molecule has 0 amide bonds. The van der Waals surface area contributed by atoms with Gasteiger partial charge in [0, 0.05) is 24.2 Å². The summed E-state index contributed by atoms with van der Waals surface area (Å²) >= 11 is 0. The monoisotopic (exact) mass is 312 g/mol. The molecule has 0 nitrogen and oxygen atoms in total. The van der Waals surface area contributed by atoms with Gasteiger partial charge >= 0.3 is 0 Å². The predicted molar refractivity (Wildman–Crippen MR) is 108 cm³/mol. The summed E-state index contributed by atoms with van der Waals surface area (Å²) in [6, 6.07) is 0. The highest BCUT2D eigenvalue weighted by molar-refractivity contribution is 6.75. The summed E-state index contributed by atoms with van der Waals surface area (Å²) in [7, 11) is -1.83. The lowest BCUT2D eigenvalue weighted by molar-refractivity contribution is 1.71. The second kappa shape index (κ2) is 14.1. The van der Waals surface area contributed by atoms with Crippen molar-refractivity contribution in [1.29, 1.82) is 0 Å². The molecule has 0 N–H and O–H groups in total. The first-order valence-corrected chi connectivity index (χ1v) is 18.0. The third-order valence-electron chi connectivity index (χ3n) is 0. The Balaban J connectivity index is -0.0000000277. The molecule has 0 aromatic rings. The highest BCUT2D eigenvalue weighted by Crippen LogP contribution is 1.95. The lowest BCUT2D eigenvalue weighted by Gasteiger charge is -2.01. The van der Waals surface area contributed by atoms with Crippen molar-refractivity contribution < 1.29 is 0 Å². The van der Waals surface area contributed by atoms with Crippen LogP contribution in [0, 0.1) is 0 Å². The summed E-state index contributed by atoms with van der Waals surface area (Å²) in [5.41, 5.74) is 0. The van der Waals surface area contributed by atoms with Crippen molar-refractivity contribution in [2.24, 2.45) is 0 Å². The van der Waals surface area contributed by atoms with Gasteiger partial charge in [-0.15, -0.1) is 0 Å². The highest BCUT2D eigenvalue weighted by atomic mass is 28.3. The standard InChI is InChI=1S/3C4H12Si.3CH4/c3*1-5(2,3)4;;;/h3*1-4H3;3*1H4. The molecule has 0 saturated carbocycles. The maximum Gasteiger partial charge on any atom is 0.0411 e. The normalized spacial score (nSPS) is 10.0. The Kier molecular flexibility index (Phi) is 28.4. The van der Waals surface area contributed by atoms with Gasteiger partial charge in [0.1, 0.15) is 0 Å². The fraction of sp³-hybridized carbons (Fsp3) is 1.00. The van der Waals surface area contributed by atoms with Crippen LogP contribution in [0.15, 0.2) is 0 Å². The van der Waals surface area contributed by atoms with E-state index < -0.39 is 24.2 Å². The average molecular weight is 313 g/mol. The Bertz CT molecular complexity index is 86.8. The molecule has 0 unspecified atom stereocenters. The molecule has 0 heterocycles. The quantitative estimate of drug-likeness (QED) is 0.401. The molecule has 0 fully saturated rings. The van der Waals surface area contributed by atoms with E-state index in [9.17, 15) is 0 Å². The Hall–Kier alpha value is 0.651. The molecule has 0 rings (SSSR count). The molecule has 120 valence electrons. The zero-order valence-electron chi connectivity index (χ0n) is 13.5. The van der Waals surface area contributed by atoms with Gasteiger partial charge in [-0.3, -0.25) is 0 Å². The van der Waals surface area contributed by atoms with Crippen LogP contribution in [0.1, 0.15) is 22.3 Å². The van der Waals surface area contributed by atoms with Gasteiger partial charge in [0.2, 0.25) is 0 Å². The molecule has 0 bridgehead atoms. The van der Waals surface area contributed by atoms with Crippen LogP contribution in [0.5, 0.6) is 0 Å². The smallest absolute Gasteiger partial charge is 0.0411 e. The van der Waals surface area contributed by atoms with E-state index in [1.54, 1.807) is 0 Å². The van der Waals surface area contributed by atoms with Crippen LogP contribution >= 0.6 is 0 Å². The fourth-order valence-corrected chi connectivity index (χ4v) is 0. The SMILES string of the molecule is C.C.C.C[Si](C)(C)C.C[Si](C)(C)C.C[Si](C)(C)C. The maximum atomic E-state index is 2.33. The summed E-state index contributed by atoms with van der Waals surface area (Å²) in [6.07, 6.45) is 0. The van der Waals surface area contributed by atoms with E-state index in [1.807, 2.05) is 0 Å². The summed E-state index contributed by atoms with van der Waals surface area (Å²) < 4.78 is 0. The minimum atomic E-state index is -0.611. The van der Waals surface area contributed by atoms with Gasteiger partial charge < -0.3 is 0 Å². The van der Waals surface area contributed by atoms with E-state index in [2.05, 4.69) is 78.6 Å². The molecular weight excluding hydrogens is 264 g/mol. The van der Waals surface area contributed by atoms with Crippen molar-refractivity contribution in [3.8, 4) is 0 Å². The Morgan fingerprint density at radius 1 is 0.278 bits per heavy atom. The molecule has 0 saturated heterocycles. The molecule has 18 heavy (non-hydrogen) atoms. The first kappa shape index (κ1) is 36.3. The van der Waals surface area contributed by atoms with E-state index in [1.165, 1.54) is 0 Å². The van der Waals surface area contributed by atoms with Crippen molar-refractivity contribution in [3.05, 3.63) is 0 Å². The van der Waals surface area contributed by atoms with E-state index in [0.717, 1.165) is 0 Å². The first-order chi connectivity index (χ1) is 6.00. The molecule has 0 spiro atoms. The van der Waals surface area contributed by atoms with Crippen molar-refractivity contribution in [3.63, 3.8) is 0 Å². The maximum absolute atomic E-state index is 2.33. The molecule has 0 aromatic heterocycles. The molecule has 0 aromatic carbocycles. The lowest BCUT2D eigenvalue weighted by atomic mass is 11.8. The summed E-state index contributed by atoms with van der Waals surface area (Å²) in [5, 5.41) is 0. The van der Waals surface area contributed by atoms with Crippen molar-refractivity contribution in [1.82, 2.24) is 0 Å². The molecule has 0 aliphatic rings. The molecule has 0 aliphatic heterocycles. The van der Waals surface area contributed by atoms with Gasteiger partial charge in [-0.2, -0.15) is 0 Å². The zero-order valence-corrected chi connectivity index (χ0v) is 16.5. The van der Waals surface area contributed by atoms with Crippen LogP contribution in [-0.4, -0.2) is 24.2 Å². The Morgan fingerprint density at radius 3 is 0.278 bits per heavy atom. The summed E-state index contributed by atoms with van der Waals surface area (Å²) in [6.45, 7) is 27.9. The summed E-state index contributed by atoms with van der Waals surface area (Å²) in [4.78, 5) is 0. The Morgan fingerprint density at radius 2 is 0.278 bits per heavy atom. The molecule has 3 heteroatoms. The summed E-state index contributed by atoms with van der Waals surface area (Å²) in [5.74, 6) is 0. The van der Waals surface area contributed by atoms with Crippen LogP contribution in [0.2, 0.25) is 78.6 Å². The van der Waals surface area contributed by atoms with Crippen LogP contribution in [0.4, 0.5) is 0 Å². The van der Waals surface area contributed by atoms with Crippen LogP contribution in [0.25, 0.3) is 0 Å². The van der Waals surface area contributed by atoms with Crippen LogP contribution < -0.4 is 0 Å². The minimum absolute atomic E-state index is 0. The van der Waals surface area contributed by atoms with Gasteiger partial charge in [0.25, 0.3) is 0 Å². The van der Waals surface area contributed by atoms with Gasteiger partial charge in [0.15, 0.2) is 0 Å². The number of rotatable bonds is 0. The molecule has 0 atom stereocenters. The first-order valence-electron chi connectivity index (χ1n) is 6.00. The van der Waals surface area contributed by atoms with Crippen molar-refractivity contribution in [2.45, 2.75) is 101 Å². The van der Waals surface area contributed by atoms with Crippen LogP contribution in [-0.2, 0) is 0 Å².